The predicted molar refractivity (Wildman–Crippen MR) is 121 cm³/mol. The number of aliphatic hydroxyl groups is 1. The number of aliphatic hydroxyl groups excluding tert-OH is 1. The Kier molecular flexibility index (Phi) is 6.27. The van der Waals surface area contributed by atoms with Gasteiger partial charge in [-0.05, 0) is 28.0 Å². The van der Waals surface area contributed by atoms with Crippen LogP contribution in [-0.4, -0.2) is 10.1 Å². The second-order valence-electron chi connectivity index (χ2n) is 7.59. The van der Waals surface area contributed by atoms with Crippen LogP contribution in [0.1, 0.15) is 36.8 Å². The van der Waals surface area contributed by atoms with E-state index in [0.717, 1.165) is 10.4 Å². The molecule has 5 heteroatoms. The van der Waals surface area contributed by atoms with Crippen LogP contribution in [-0.2, 0) is 12.0 Å². The molecule has 0 saturated carbocycles. The first kappa shape index (κ1) is 20.2. The zero-order valence-electron chi connectivity index (χ0n) is 16.3. The number of nitrogens with zero attached hydrogens (tertiary/aromatic N) is 1. The molecule has 0 atom stereocenters. The minimum absolute atomic E-state index is 0.0603. The van der Waals surface area contributed by atoms with Crippen LogP contribution >= 0.6 is 23.6 Å². The fraction of sp³-hybridized carbons (Fsp3) is 0.217. The van der Waals surface area contributed by atoms with E-state index in [4.69, 9.17) is 12.2 Å². The number of thiophene rings is 1. The zero-order chi connectivity index (χ0) is 20.1. The summed E-state index contributed by atoms with van der Waals surface area (Å²) in [6.45, 7) is 7.14. The highest BCUT2D eigenvalue weighted by Crippen LogP contribution is 2.23. The van der Waals surface area contributed by atoms with E-state index in [1.165, 1.54) is 16.9 Å². The Morgan fingerprint density at radius 1 is 1.04 bits per heavy atom. The van der Waals surface area contributed by atoms with Crippen LogP contribution in [0.15, 0.2) is 72.4 Å². The van der Waals surface area contributed by atoms with E-state index in [1.807, 2.05) is 64.8 Å². The number of aromatic nitrogens is 1. The largest absolute Gasteiger partial charge is 0.501 e. The monoisotopic (exact) mass is 409 g/mol. The predicted octanol–water partition coefficient (Wildman–Crippen LogP) is 5.33. The molecule has 28 heavy (non-hydrogen) atoms. The van der Waals surface area contributed by atoms with E-state index in [2.05, 4.69) is 38.2 Å². The first-order chi connectivity index (χ1) is 13.4. The fourth-order valence-electron chi connectivity index (χ4n) is 2.81. The van der Waals surface area contributed by atoms with Gasteiger partial charge in [-0.1, -0.05) is 69.4 Å². The Hall–Kier alpha value is -2.50. The highest BCUT2D eigenvalue weighted by molar-refractivity contribution is 7.81. The Labute approximate surface area is 176 Å². The van der Waals surface area contributed by atoms with Crippen molar-refractivity contribution in [1.82, 2.24) is 5.32 Å². The number of rotatable bonds is 5. The van der Waals surface area contributed by atoms with Crippen molar-refractivity contribution in [1.29, 1.82) is 0 Å². The SMILES string of the molecule is CC(C)(C)c1cc[n+](/C(C(=S)NCc2ccccc2)=C(\O)c2cccs2)cc1. The average molecular weight is 410 g/mol. The van der Waals surface area contributed by atoms with E-state index in [1.54, 1.807) is 0 Å². The third-order valence-electron chi connectivity index (χ3n) is 4.44. The molecule has 0 bridgehead atoms. The van der Waals surface area contributed by atoms with Gasteiger partial charge < -0.3 is 10.4 Å². The van der Waals surface area contributed by atoms with Crippen LogP contribution < -0.4 is 9.88 Å². The third-order valence-corrected chi connectivity index (χ3v) is 5.66. The van der Waals surface area contributed by atoms with Crippen molar-refractivity contribution < 1.29 is 9.67 Å². The molecule has 1 aromatic carbocycles. The van der Waals surface area contributed by atoms with Crippen LogP contribution in [0.25, 0.3) is 11.5 Å². The Morgan fingerprint density at radius 3 is 2.29 bits per heavy atom. The molecule has 3 rings (SSSR count). The number of benzene rings is 1. The molecule has 0 radical (unpaired) electrons. The molecule has 2 heterocycles. The van der Waals surface area contributed by atoms with Crippen molar-refractivity contribution in [3.05, 3.63) is 88.4 Å². The summed E-state index contributed by atoms with van der Waals surface area (Å²) in [7, 11) is 0. The zero-order valence-corrected chi connectivity index (χ0v) is 18.0. The van der Waals surface area contributed by atoms with Crippen molar-refractivity contribution in [2.75, 3.05) is 0 Å². The summed E-state index contributed by atoms with van der Waals surface area (Å²) >= 11 is 7.15. The molecule has 0 amide bonds. The second-order valence-corrected chi connectivity index (χ2v) is 8.94. The molecule has 3 aromatic rings. The summed E-state index contributed by atoms with van der Waals surface area (Å²) in [6.07, 6.45) is 3.91. The van der Waals surface area contributed by atoms with Crippen molar-refractivity contribution in [2.24, 2.45) is 0 Å². The van der Waals surface area contributed by atoms with E-state index in [9.17, 15) is 5.11 Å². The molecule has 0 aliphatic heterocycles. The van der Waals surface area contributed by atoms with Crippen molar-refractivity contribution >= 4 is 40.0 Å². The molecular formula is C23H25N2OS2+. The van der Waals surface area contributed by atoms with Crippen LogP contribution in [0, 0.1) is 0 Å². The van der Waals surface area contributed by atoms with E-state index in [-0.39, 0.29) is 11.2 Å². The molecule has 0 aliphatic rings. The first-order valence-corrected chi connectivity index (χ1v) is 10.5. The van der Waals surface area contributed by atoms with Crippen molar-refractivity contribution in [3.63, 3.8) is 0 Å². The maximum atomic E-state index is 11.0. The van der Waals surface area contributed by atoms with Crippen LogP contribution in [0.2, 0.25) is 0 Å². The van der Waals surface area contributed by atoms with Gasteiger partial charge in [0.15, 0.2) is 17.4 Å². The average Bonchev–Trinajstić information content (AvgIpc) is 3.22. The van der Waals surface area contributed by atoms with Gasteiger partial charge >= 0.3 is 0 Å². The number of pyridine rings is 1. The number of thiocarbonyl (C=S) groups is 1. The molecule has 2 aromatic heterocycles. The summed E-state index contributed by atoms with van der Waals surface area (Å²) in [5, 5.41) is 16.2. The lowest BCUT2D eigenvalue weighted by atomic mass is 9.88. The summed E-state index contributed by atoms with van der Waals surface area (Å²) in [5.41, 5.74) is 2.99. The maximum absolute atomic E-state index is 11.0. The first-order valence-electron chi connectivity index (χ1n) is 9.17. The number of hydrogen-bond donors (Lipinski definition) is 2. The van der Waals surface area contributed by atoms with Gasteiger partial charge in [0.25, 0.3) is 5.70 Å². The molecule has 144 valence electrons. The minimum atomic E-state index is 0.0603. The van der Waals surface area contributed by atoms with Gasteiger partial charge in [0, 0.05) is 18.7 Å². The standard InChI is InChI=1S/C23H24N2OS2/c1-23(2,3)18-11-13-25(14-12-18)20(21(26)19-10-7-15-28-19)22(27)24-16-17-8-5-4-6-9-17/h4-15H,16H2,1-3H3,(H-,24,26,27)/p+1. The Morgan fingerprint density at radius 2 is 1.71 bits per heavy atom. The Bertz CT molecular complexity index is 954. The molecule has 2 N–H and O–H groups in total. The lowest BCUT2D eigenvalue weighted by molar-refractivity contribution is -0.576. The molecule has 0 fully saturated rings. The smallest absolute Gasteiger partial charge is 0.288 e. The molecule has 0 saturated heterocycles. The van der Waals surface area contributed by atoms with E-state index < -0.39 is 0 Å². The van der Waals surface area contributed by atoms with Gasteiger partial charge in [0.2, 0.25) is 5.76 Å². The summed E-state index contributed by atoms with van der Waals surface area (Å²) < 4.78 is 1.88. The van der Waals surface area contributed by atoms with Gasteiger partial charge in [-0.15, -0.1) is 11.3 Å². The van der Waals surface area contributed by atoms with Crippen LogP contribution in [0.4, 0.5) is 0 Å². The number of hydrogen-bond acceptors (Lipinski definition) is 3. The quantitative estimate of drug-likeness (QED) is 0.259. The third kappa shape index (κ3) is 4.86. The van der Waals surface area contributed by atoms with Crippen LogP contribution in [0.3, 0.4) is 0 Å². The fourth-order valence-corrected chi connectivity index (χ4v) is 3.76. The van der Waals surface area contributed by atoms with Gasteiger partial charge in [-0.25, -0.2) is 0 Å². The van der Waals surface area contributed by atoms with E-state index in [0.29, 0.717) is 17.2 Å². The summed E-state index contributed by atoms with van der Waals surface area (Å²) in [5.74, 6) is 0.175. The van der Waals surface area contributed by atoms with E-state index >= 15 is 0 Å². The van der Waals surface area contributed by atoms with Gasteiger partial charge in [-0.3, -0.25) is 0 Å². The maximum Gasteiger partial charge on any atom is 0.288 e. The summed E-state index contributed by atoms with van der Waals surface area (Å²) in [4.78, 5) is 1.29. The topological polar surface area (TPSA) is 36.1 Å². The van der Waals surface area contributed by atoms with Crippen molar-refractivity contribution in [3.8, 4) is 0 Å². The highest BCUT2D eigenvalue weighted by Gasteiger charge is 2.25. The molecular weight excluding hydrogens is 384 g/mol. The van der Waals surface area contributed by atoms with Gasteiger partial charge in [-0.2, -0.15) is 4.57 Å². The van der Waals surface area contributed by atoms with Crippen molar-refractivity contribution in [2.45, 2.75) is 32.7 Å². The lowest BCUT2D eigenvalue weighted by Crippen LogP contribution is -2.41. The molecule has 0 unspecified atom stereocenters. The second kappa shape index (κ2) is 8.67. The normalized spacial score (nSPS) is 12.4. The molecule has 0 aliphatic carbocycles. The Balaban J connectivity index is 1.94. The van der Waals surface area contributed by atoms with Crippen LogP contribution in [0.5, 0.6) is 0 Å². The number of nitrogens with one attached hydrogen (secondary N) is 1. The van der Waals surface area contributed by atoms with Gasteiger partial charge in [0.1, 0.15) is 0 Å². The molecule has 0 spiro atoms. The van der Waals surface area contributed by atoms with Gasteiger partial charge in [0.05, 0.1) is 4.88 Å². The molecule has 3 nitrogen and oxygen atoms in total. The summed E-state index contributed by atoms with van der Waals surface area (Å²) in [6, 6.07) is 18.0. The lowest BCUT2D eigenvalue weighted by Gasteiger charge is -2.18. The minimum Gasteiger partial charge on any atom is -0.501 e. The highest BCUT2D eigenvalue weighted by atomic mass is 32.1.